The first-order chi connectivity index (χ1) is 9.90. The van der Waals surface area contributed by atoms with Gasteiger partial charge in [0.25, 0.3) is 5.69 Å². The summed E-state index contributed by atoms with van der Waals surface area (Å²) >= 11 is 0. The van der Waals surface area contributed by atoms with Crippen molar-refractivity contribution in [3.8, 4) is 6.07 Å². The van der Waals surface area contributed by atoms with Crippen LogP contribution in [0.5, 0.6) is 0 Å². The third-order valence-electron chi connectivity index (χ3n) is 2.86. The van der Waals surface area contributed by atoms with Crippen molar-refractivity contribution in [3.63, 3.8) is 0 Å². The molecular formula is C14H17N3O4. The van der Waals surface area contributed by atoms with Gasteiger partial charge in [-0.3, -0.25) is 14.9 Å². The number of nitro groups is 1. The molecule has 21 heavy (non-hydrogen) atoms. The largest absolute Gasteiger partial charge is 0.381 e. The molecule has 0 saturated heterocycles. The number of hydrogen-bond donors (Lipinski definition) is 1. The standard InChI is InChI=1S/C14H17N3O4/c1-14(9-15,10-21-2)16-13(18)7-6-11-4-3-5-12(8-11)17(19)20/h3-5,8H,6-7,10H2,1-2H3,(H,16,18)/t14-/m0/s1. The highest BCUT2D eigenvalue weighted by atomic mass is 16.6. The molecule has 7 heteroatoms. The molecule has 0 fully saturated rings. The lowest BCUT2D eigenvalue weighted by molar-refractivity contribution is -0.384. The second-order valence-corrected chi connectivity index (χ2v) is 4.85. The highest BCUT2D eigenvalue weighted by Crippen LogP contribution is 2.14. The molecule has 1 rings (SSSR count). The minimum absolute atomic E-state index is 0.00541. The fourth-order valence-corrected chi connectivity index (χ4v) is 1.84. The number of nitrogens with zero attached hydrogens (tertiary/aromatic N) is 2. The SMILES string of the molecule is COC[C@](C)(C#N)NC(=O)CCc1cccc([N+](=O)[O-])c1. The molecule has 0 bridgehead atoms. The Morgan fingerprint density at radius 2 is 2.29 bits per heavy atom. The summed E-state index contributed by atoms with van der Waals surface area (Å²) in [5, 5.41) is 22.3. The highest BCUT2D eigenvalue weighted by molar-refractivity contribution is 5.77. The van der Waals surface area contributed by atoms with Gasteiger partial charge in [0.15, 0.2) is 0 Å². The first-order valence-electron chi connectivity index (χ1n) is 6.35. The topological polar surface area (TPSA) is 105 Å². The fraction of sp³-hybridized carbons (Fsp3) is 0.429. The van der Waals surface area contributed by atoms with Crippen LogP contribution in [0.3, 0.4) is 0 Å². The number of nitriles is 1. The Morgan fingerprint density at radius 3 is 2.86 bits per heavy atom. The average molecular weight is 291 g/mol. The maximum Gasteiger partial charge on any atom is 0.269 e. The van der Waals surface area contributed by atoms with Crippen LogP contribution in [-0.4, -0.2) is 30.1 Å². The number of amides is 1. The average Bonchev–Trinajstić information content (AvgIpc) is 2.45. The summed E-state index contributed by atoms with van der Waals surface area (Å²) in [5.74, 6) is -0.303. The van der Waals surface area contributed by atoms with E-state index >= 15 is 0 Å². The van der Waals surface area contributed by atoms with Gasteiger partial charge in [-0.15, -0.1) is 0 Å². The molecule has 7 nitrogen and oxygen atoms in total. The predicted molar refractivity (Wildman–Crippen MR) is 75.5 cm³/mol. The van der Waals surface area contributed by atoms with E-state index in [2.05, 4.69) is 5.32 Å². The van der Waals surface area contributed by atoms with Crippen molar-refractivity contribution in [1.29, 1.82) is 5.26 Å². The van der Waals surface area contributed by atoms with Gasteiger partial charge in [0.1, 0.15) is 5.54 Å². The van der Waals surface area contributed by atoms with Gasteiger partial charge in [-0.2, -0.15) is 5.26 Å². The van der Waals surface area contributed by atoms with Crippen LogP contribution in [0.1, 0.15) is 18.9 Å². The van der Waals surface area contributed by atoms with Crippen LogP contribution in [0.15, 0.2) is 24.3 Å². The van der Waals surface area contributed by atoms with E-state index in [4.69, 9.17) is 10.00 Å². The fourth-order valence-electron chi connectivity index (χ4n) is 1.84. The van der Waals surface area contributed by atoms with Crippen molar-refractivity contribution in [1.82, 2.24) is 5.32 Å². The van der Waals surface area contributed by atoms with Crippen LogP contribution in [0, 0.1) is 21.4 Å². The Labute approximate surface area is 122 Å². The summed E-state index contributed by atoms with van der Waals surface area (Å²) < 4.78 is 4.89. The highest BCUT2D eigenvalue weighted by Gasteiger charge is 2.25. The molecule has 112 valence electrons. The Kier molecular flexibility index (Phi) is 5.81. The van der Waals surface area contributed by atoms with Crippen LogP contribution >= 0.6 is 0 Å². The zero-order valence-electron chi connectivity index (χ0n) is 12.0. The molecule has 1 atom stereocenters. The number of nitrogens with one attached hydrogen (secondary N) is 1. The molecule has 0 unspecified atom stereocenters. The minimum atomic E-state index is -1.07. The quantitative estimate of drug-likeness (QED) is 0.606. The van der Waals surface area contributed by atoms with Gasteiger partial charge in [0, 0.05) is 25.7 Å². The molecule has 0 aromatic heterocycles. The summed E-state index contributed by atoms with van der Waals surface area (Å²) in [6.45, 7) is 1.66. The second-order valence-electron chi connectivity index (χ2n) is 4.85. The number of benzene rings is 1. The van der Waals surface area contributed by atoms with Gasteiger partial charge in [0.05, 0.1) is 17.6 Å². The zero-order valence-corrected chi connectivity index (χ0v) is 12.0. The van der Waals surface area contributed by atoms with E-state index in [1.165, 1.54) is 19.2 Å². The molecule has 1 N–H and O–H groups in total. The van der Waals surface area contributed by atoms with E-state index in [9.17, 15) is 14.9 Å². The number of non-ortho nitro benzene ring substituents is 1. The van der Waals surface area contributed by atoms with Gasteiger partial charge < -0.3 is 10.1 Å². The van der Waals surface area contributed by atoms with Crippen LogP contribution in [0.4, 0.5) is 5.69 Å². The molecule has 0 spiro atoms. The monoisotopic (exact) mass is 291 g/mol. The number of aryl methyl sites for hydroxylation is 1. The number of hydrogen-bond acceptors (Lipinski definition) is 5. The summed E-state index contributed by atoms with van der Waals surface area (Å²) in [5.41, 5.74) is -0.381. The van der Waals surface area contributed by atoms with E-state index in [1.54, 1.807) is 19.1 Å². The summed E-state index contributed by atoms with van der Waals surface area (Å²) in [7, 11) is 1.45. The molecule has 0 aliphatic heterocycles. The van der Waals surface area contributed by atoms with E-state index < -0.39 is 10.5 Å². The molecule has 0 aliphatic carbocycles. The molecule has 1 aromatic rings. The molecule has 0 radical (unpaired) electrons. The third-order valence-corrected chi connectivity index (χ3v) is 2.86. The zero-order chi connectivity index (χ0) is 15.9. The second kappa shape index (κ2) is 7.36. The van der Waals surface area contributed by atoms with E-state index in [0.29, 0.717) is 12.0 Å². The lowest BCUT2D eigenvalue weighted by Crippen LogP contribution is -2.48. The van der Waals surface area contributed by atoms with Gasteiger partial charge in [0.2, 0.25) is 5.91 Å². The lowest BCUT2D eigenvalue weighted by atomic mass is 10.0. The van der Waals surface area contributed by atoms with Crippen molar-refractivity contribution in [2.24, 2.45) is 0 Å². The maximum atomic E-state index is 11.8. The van der Waals surface area contributed by atoms with Crippen molar-refractivity contribution >= 4 is 11.6 Å². The Balaban J connectivity index is 2.59. The lowest BCUT2D eigenvalue weighted by Gasteiger charge is -2.22. The van der Waals surface area contributed by atoms with Crippen molar-refractivity contribution in [3.05, 3.63) is 39.9 Å². The molecule has 0 saturated carbocycles. The number of methoxy groups -OCH3 is 1. The van der Waals surface area contributed by atoms with Crippen LogP contribution in [0.2, 0.25) is 0 Å². The number of rotatable bonds is 7. The van der Waals surface area contributed by atoms with Crippen molar-refractivity contribution < 1.29 is 14.5 Å². The van der Waals surface area contributed by atoms with Gasteiger partial charge in [-0.25, -0.2) is 0 Å². The summed E-state index contributed by atoms with van der Waals surface area (Å²) in [4.78, 5) is 22.0. The van der Waals surface area contributed by atoms with E-state index in [-0.39, 0.29) is 24.6 Å². The summed E-state index contributed by atoms with van der Waals surface area (Å²) in [6.07, 6.45) is 0.504. The number of carbonyl (C=O) groups is 1. The van der Waals surface area contributed by atoms with Gasteiger partial charge in [-0.1, -0.05) is 12.1 Å². The minimum Gasteiger partial charge on any atom is -0.381 e. The first-order valence-corrected chi connectivity index (χ1v) is 6.35. The Morgan fingerprint density at radius 1 is 1.57 bits per heavy atom. The smallest absolute Gasteiger partial charge is 0.269 e. The van der Waals surface area contributed by atoms with Crippen LogP contribution < -0.4 is 5.32 Å². The predicted octanol–water partition coefficient (Wildman–Crippen LogP) is 1.57. The van der Waals surface area contributed by atoms with Gasteiger partial charge >= 0.3 is 0 Å². The van der Waals surface area contributed by atoms with Crippen molar-refractivity contribution in [2.75, 3.05) is 13.7 Å². The third kappa shape index (κ3) is 5.20. The molecule has 0 heterocycles. The molecule has 0 aliphatic rings. The van der Waals surface area contributed by atoms with Crippen LogP contribution in [0.25, 0.3) is 0 Å². The van der Waals surface area contributed by atoms with E-state index in [1.807, 2.05) is 6.07 Å². The maximum absolute atomic E-state index is 11.8. The van der Waals surface area contributed by atoms with E-state index in [0.717, 1.165) is 0 Å². The number of ether oxygens (including phenoxy) is 1. The van der Waals surface area contributed by atoms with Crippen molar-refractivity contribution in [2.45, 2.75) is 25.3 Å². The molecule has 1 aromatic carbocycles. The normalized spacial score (nSPS) is 13.0. The summed E-state index contributed by atoms with van der Waals surface area (Å²) in [6, 6.07) is 8.12. The Bertz CT molecular complexity index is 568. The van der Waals surface area contributed by atoms with Gasteiger partial charge in [-0.05, 0) is 18.9 Å². The molecule has 1 amide bonds. The van der Waals surface area contributed by atoms with Crippen LogP contribution in [-0.2, 0) is 16.0 Å². The first kappa shape index (κ1) is 16.6. The molecular weight excluding hydrogens is 274 g/mol. The number of carbonyl (C=O) groups excluding carboxylic acids is 1. The Hall–Kier alpha value is -2.46. The number of nitro benzene ring substituents is 1.